The van der Waals surface area contributed by atoms with E-state index in [-0.39, 0.29) is 29.3 Å². The highest BCUT2D eigenvalue weighted by atomic mass is 32.2. The number of hydrogen-bond acceptors (Lipinski definition) is 6. The molecule has 0 aromatic rings. The third-order valence-corrected chi connectivity index (χ3v) is 3.56. The normalized spacial score (nSPS) is 13.5. The van der Waals surface area contributed by atoms with Gasteiger partial charge < -0.3 is 11.1 Å². The Labute approximate surface area is 98.5 Å². The van der Waals surface area contributed by atoms with Crippen molar-refractivity contribution in [1.82, 2.24) is 5.32 Å². The van der Waals surface area contributed by atoms with Crippen LogP contribution < -0.4 is 11.1 Å². The van der Waals surface area contributed by atoms with Gasteiger partial charge in [-0.05, 0) is 18.2 Å². The molecular weight excluding hydrogens is 260 g/mol. The van der Waals surface area contributed by atoms with Gasteiger partial charge in [0, 0.05) is 12.3 Å². The largest absolute Gasteiger partial charge is 0.347 e. The molecule has 4 N–H and O–H groups in total. The van der Waals surface area contributed by atoms with Gasteiger partial charge in [0.25, 0.3) is 15.4 Å². The predicted octanol–water partition coefficient (Wildman–Crippen LogP) is -0.0783. The van der Waals surface area contributed by atoms with Gasteiger partial charge in [-0.2, -0.15) is 21.0 Å². The van der Waals surface area contributed by atoms with Gasteiger partial charge in [0.05, 0.1) is 11.1 Å². The van der Waals surface area contributed by atoms with Gasteiger partial charge in [-0.25, -0.2) is 0 Å². The Morgan fingerprint density at radius 1 is 1.60 bits per heavy atom. The molecule has 9 heteroatoms. The van der Waals surface area contributed by atoms with E-state index in [4.69, 9.17) is 10.3 Å². The number of amides is 1. The Morgan fingerprint density at radius 3 is 2.67 bits per heavy atom. The summed E-state index contributed by atoms with van der Waals surface area (Å²) in [6, 6.07) is 0. The molecule has 6 nitrogen and oxygen atoms in total. The predicted molar refractivity (Wildman–Crippen MR) is 63.9 cm³/mol. The van der Waals surface area contributed by atoms with Gasteiger partial charge in [-0.15, -0.1) is 0 Å². The summed E-state index contributed by atoms with van der Waals surface area (Å²) >= 11 is 4.80. The second-order valence-corrected chi connectivity index (χ2v) is 5.84. The maximum atomic E-state index is 11.1. The van der Waals surface area contributed by atoms with Crippen LogP contribution in [-0.2, 0) is 10.1 Å². The topological polar surface area (TPSA) is 109 Å². The number of nitrogens with two attached hydrogens (primary N) is 1. The molecule has 0 aromatic carbocycles. The molecule has 0 unspecified atom stereocenters. The molecule has 0 spiro atoms. The molecule has 1 amide bonds. The first kappa shape index (κ1) is 15.0. The van der Waals surface area contributed by atoms with Crippen molar-refractivity contribution >= 4 is 39.7 Å². The van der Waals surface area contributed by atoms with E-state index >= 15 is 0 Å². The van der Waals surface area contributed by atoms with E-state index in [1.165, 1.54) is 0 Å². The Kier molecular flexibility index (Phi) is 7.36. The quantitative estimate of drug-likeness (QED) is 0.233. The van der Waals surface area contributed by atoms with Crippen molar-refractivity contribution in [3.8, 4) is 0 Å². The molecule has 0 bridgehead atoms. The minimum Gasteiger partial charge on any atom is -0.347 e. The first-order chi connectivity index (χ1) is 6.85. The van der Waals surface area contributed by atoms with Crippen LogP contribution in [0.25, 0.3) is 0 Å². The van der Waals surface area contributed by atoms with Crippen LogP contribution >= 0.6 is 24.4 Å². The SMILES string of the molecule is N[C@@H](CS)SC(=O)NCCCS(=O)(=O)O. The summed E-state index contributed by atoms with van der Waals surface area (Å²) in [5, 5.41) is 1.75. The van der Waals surface area contributed by atoms with Crippen molar-refractivity contribution in [3.05, 3.63) is 0 Å². The summed E-state index contributed by atoms with van der Waals surface area (Å²) in [6.45, 7) is 0.185. The molecule has 0 saturated carbocycles. The molecule has 0 fully saturated rings. The molecule has 0 heterocycles. The maximum absolute atomic E-state index is 11.1. The lowest BCUT2D eigenvalue weighted by molar-refractivity contribution is 0.260. The van der Waals surface area contributed by atoms with Crippen molar-refractivity contribution in [2.75, 3.05) is 18.1 Å². The molecule has 0 aliphatic rings. The monoisotopic (exact) mass is 274 g/mol. The van der Waals surface area contributed by atoms with Crippen LogP contribution in [0.3, 0.4) is 0 Å². The van der Waals surface area contributed by atoms with E-state index < -0.39 is 10.1 Å². The first-order valence-electron chi connectivity index (χ1n) is 4.11. The van der Waals surface area contributed by atoms with Gasteiger partial charge in [0.1, 0.15) is 0 Å². The van der Waals surface area contributed by atoms with Gasteiger partial charge in [0.2, 0.25) is 0 Å². The van der Waals surface area contributed by atoms with Gasteiger partial charge in [0.15, 0.2) is 0 Å². The average Bonchev–Trinajstić information content (AvgIpc) is 2.11. The summed E-state index contributed by atoms with van der Waals surface area (Å²) in [5.74, 6) is 0.0136. The Bertz CT molecular complexity index is 293. The number of rotatable bonds is 6. The zero-order valence-electron chi connectivity index (χ0n) is 7.92. The molecule has 0 saturated heterocycles. The Morgan fingerprint density at radius 2 is 2.20 bits per heavy atom. The van der Waals surface area contributed by atoms with Gasteiger partial charge in [-0.3, -0.25) is 9.35 Å². The summed E-state index contributed by atoms with van der Waals surface area (Å²) in [4.78, 5) is 11.1. The minimum absolute atomic E-state index is 0.168. The number of carbonyl (C=O) groups excluding carboxylic acids is 1. The van der Waals surface area contributed by atoms with Crippen molar-refractivity contribution in [2.45, 2.75) is 11.8 Å². The fourth-order valence-corrected chi connectivity index (χ4v) is 1.93. The van der Waals surface area contributed by atoms with Crippen LogP contribution in [0.4, 0.5) is 4.79 Å². The standard InChI is InChI=1S/C6H14N2O4S3/c7-5(4-13)14-6(9)8-2-1-3-15(10,11)12/h5,13H,1-4,7H2,(H,8,9)(H,10,11,12)/t5-/m1/s1. The Hall–Kier alpha value is 0.0400. The summed E-state index contributed by atoms with van der Waals surface area (Å²) in [6.07, 6.45) is 0.168. The molecule has 0 radical (unpaired) electrons. The fraction of sp³-hybridized carbons (Fsp3) is 0.833. The highest BCUT2D eigenvalue weighted by Crippen LogP contribution is 2.07. The van der Waals surface area contributed by atoms with E-state index in [0.717, 1.165) is 11.8 Å². The maximum Gasteiger partial charge on any atom is 0.280 e. The molecule has 0 aliphatic carbocycles. The summed E-state index contributed by atoms with van der Waals surface area (Å²) in [5.41, 5.74) is 5.44. The van der Waals surface area contributed by atoms with Crippen molar-refractivity contribution in [3.63, 3.8) is 0 Å². The third kappa shape index (κ3) is 10.3. The number of carbonyl (C=O) groups is 1. The van der Waals surface area contributed by atoms with Gasteiger partial charge >= 0.3 is 0 Å². The molecule has 0 aromatic heterocycles. The van der Waals surface area contributed by atoms with E-state index in [9.17, 15) is 13.2 Å². The van der Waals surface area contributed by atoms with Crippen LogP contribution in [0, 0.1) is 0 Å². The van der Waals surface area contributed by atoms with Crippen LogP contribution in [0.1, 0.15) is 6.42 Å². The summed E-state index contributed by atoms with van der Waals surface area (Å²) < 4.78 is 29.0. The second kappa shape index (κ2) is 7.34. The Balaban J connectivity index is 3.56. The van der Waals surface area contributed by atoms with E-state index in [1.54, 1.807) is 0 Å². The summed E-state index contributed by atoms with van der Waals surface area (Å²) in [7, 11) is -3.94. The van der Waals surface area contributed by atoms with Gasteiger partial charge in [-0.1, -0.05) is 0 Å². The van der Waals surface area contributed by atoms with E-state index in [0.29, 0.717) is 5.75 Å². The molecule has 1 atom stereocenters. The zero-order chi connectivity index (χ0) is 11.9. The van der Waals surface area contributed by atoms with Crippen LogP contribution in [0.2, 0.25) is 0 Å². The highest BCUT2D eigenvalue weighted by Gasteiger charge is 2.08. The number of nitrogens with one attached hydrogen (secondary N) is 1. The lowest BCUT2D eigenvalue weighted by Crippen LogP contribution is -2.27. The van der Waals surface area contributed by atoms with Crippen LogP contribution in [-0.4, -0.2) is 41.6 Å². The first-order valence-corrected chi connectivity index (χ1v) is 7.23. The molecule has 0 rings (SSSR count). The number of thioether (sulfide) groups is 1. The van der Waals surface area contributed by atoms with E-state index in [2.05, 4.69) is 17.9 Å². The number of hydrogen-bond donors (Lipinski definition) is 4. The lowest BCUT2D eigenvalue weighted by atomic mass is 10.5. The average molecular weight is 274 g/mol. The number of thiol groups is 1. The minimum atomic E-state index is -3.94. The van der Waals surface area contributed by atoms with Crippen molar-refractivity contribution in [2.24, 2.45) is 5.73 Å². The smallest absolute Gasteiger partial charge is 0.280 e. The fourth-order valence-electron chi connectivity index (χ4n) is 0.661. The van der Waals surface area contributed by atoms with Crippen LogP contribution in [0.15, 0.2) is 0 Å². The zero-order valence-corrected chi connectivity index (χ0v) is 10.4. The second-order valence-electron chi connectivity index (χ2n) is 2.69. The van der Waals surface area contributed by atoms with Crippen molar-refractivity contribution in [1.29, 1.82) is 0 Å². The third-order valence-electron chi connectivity index (χ3n) is 1.29. The highest BCUT2D eigenvalue weighted by molar-refractivity contribution is 8.14. The van der Waals surface area contributed by atoms with Crippen LogP contribution in [0.5, 0.6) is 0 Å². The lowest BCUT2D eigenvalue weighted by Gasteiger charge is -2.07. The molecule has 90 valence electrons. The molecular formula is C6H14N2O4S3. The molecule has 0 aliphatic heterocycles. The van der Waals surface area contributed by atoms with Crippen molar-refractivity contribution < 1.29 is 17.8 Å². The molecule has 15 heavy (non-hydrogen) atoms. The van der Waals surface area contributed by atoms with E-state index in [1.807, 2.05) is 0 Å².